The number of hydrogen-bond donors (Lipinski definition) is 2. The molecule has 4 rings (SSSR count). The van der Waals surface area contributed by atoms with Gasteiger partial charge in [-0.1, -0.05) is 42.0 Å². The predicted octanol–water partition coefficient (Wildman–Crippen LogP) is 3.31. The molecule has 2 aromatic carbocycles. The summed E-state index contributed by atoms with van der Waals surface area (Å²) in [4.78, 5) is 12.5. The molecule has 1 aromatic heterocycles. The zero-order valence-electron chi connectivity index (χ0n) is 18.0. The van der Waals surface area contributed by atoms with Crippen LogP contribution in [0.25, 0.3) is 5.57 Å². The molecule has 6 nitrogen and oxygen atoms in total. The van der Waals surface area contributed by atoms with Crippen LogP contribution in [0.4, 0.5) is 13.2 Å². The summed E-state index contributed by atoms with van der Waals surface area (Å²) in [7, 11) is 0. The highest BCUT2D eigenvalue weighted by Crippen LogP contribution is 2.37. The van der Waals surface area contributed by atoms with E-state index in [9.17, 15) is 23.1 Å². The van der Waals surface area contributed by atoms with Crippen LogP contribution in [-0.4, -0.2) is 29.0 Å². The van der Waals surface area contributed by atoms with E-state index in [2.05, 4.69) is 15.5 Å². The van der Waals surface area contributed by atoms with Gasteiger partial charge in [-0.2, -0.15) is 23.4 Å². The van der Waals surface area contributed by atoms with Gasteiger partial charge in [-0.3, -0.25) is 9.36 Å². The van der Waals surface area contributed by atoms with E-state index in [1.165, 1.54) is 16.7 Å². The van der Waals surface area contributed by atoms with Crippen LogP contribution in [0.5, 0.6) is 5.88 Å². The summed E-state index contributed by atoms with van der Waals surface area (Å²) in [6.45, 7) is 3.30. The fourth-order valence-corrected chi connectivity index (χ4v) is 4.87. The third-order valence-corrected chi connectivity index (χ3v) is 6.65. The Morgan fingerprint density at radius 3 is 2.76 bits per heavy atom. The molecule has 178 valence electrons. The van der Waals surface area contributed by atoms with E-state index in [1.54, 1.807) is 24.4 Å². The Morgan fingerprint density at radius 2 is 2.03 bits per heavy atom. The molecular formula is C23H20ClF3N4O2S. The highest BCUT2D eigenvalue weighted by molar-refractivity contribution is 7.10. The number of thiazole rings is 1. The minimum atomic E-state index is -4.62. The van der Waals surface area contributed by atoms with Crippen LogP contribution in [0, 0.1) is 0 Å². The lowest BCUT2D eigenvalue weighted by Crippen LogP contribution is -2.23. The Morgan fingerprint density at radius 1 is 1.24 bits per heavy atom. The van der Waals surface area contributed by atoms with Crippen molar-refractivity contribution in [3.63, 3.8) is 0 Å². The topological polar surface area (TPSA) is 79.0 Å². The number of aromatic nitrogens is 1. The van der Waals surface area contributed by atoms with Crippen molar-refractivity contribution in [1.82, 2.24) is 9.88 Å². The van der Waals surface area contributed by atoms with E-state index < -0.39 is 16.6 Å². The van der Waals surface area contributed by atoms with Crippen LogP contribution >= 0.6 is 22.9 Å². The molecule has 1 aliphatic heterocycles. The molecule has 3 aromatic rings. The maximum absolute atomic E-state index is 13.8. The van der Waals surface area contributed by atoms with Gasteiger partial charge in [0.1, 0.15) is 0 Å². The molecule has 0 fully saturated rings. The zero-order valence-corrected chi connectivity index (χ0v) is 19.6. The molecule has 0 radical (unpaired) electrons. The second-order valence-electron chi connectivity index (χ2n) is 7.60. The van der Waals surface area contributed by atoms with E-state index in [-0.39, 0.29) is 34.3 Å². The maximum Gasteiger partial charge on any atom is 0.416 e. The Kier molecular flexibility index (Phi) is 6.92. The van der Waals surface area contributed by atoms with Crippen LogP contribution in [0.3, 0.4) is 0 Å². The average molecular weight is 509 g/mol. The second kappa shape index (κ2) is 9.73. The molecule has 34 heavy (non-hydrogen) atoms. The average Bonchev–Trinajstić information content (AvgIpc) is 3.36. The van der Waals surface area contributed by atoms with Gasteiger partial charge in [0.15, 0.2) is 0 Å². The predicted molar refractivity (Wildman–Crippen MR) is 126 cm³/mol. The summed E-state index contributed by atoms with van der Waals surface area (Å²) in [5.41, 5.74) is 0.192. The first-order valence-electron chi connectivity index (χ1n) is 10.4. The minimum Gasteiger partial charge on any atom is -0.493 e. The molecule has 2 N–H and O–H groups in total. The first-order valence-corrected chi connectivity index (χ1v) is 11.6. The summed E-state index contributed by atoms with van der Waals surface area (Å²) < 4.78 is 42.6. The number of alkyl halides is 3. The van der Waals surface area contributed by atoms with Gasteiger partial charge in [0.05, 0.1) is 22.0 Å². The van der Waals surface area contributed by atoms with Crippen LogP contribution < -0.4 is 20.8 Å². The quantitative estimate of drug-likeness (QED) is 0.481. The number of nitrogens with one attached hydrogen (secondary N) is 1. The molecule has 2 heterocycles. The van der Waals surface area contributed by atoms with E-state index in [4.69, 9.17) is 11.6 Å². The summed E-state index contributed by atoms with van der Waals surface area (Å²) in [6.07, 6.45) is -3.26. The fraction of sp³-hybridized carbons (Fsp3) is 0.261. The van der Waals surface area contributed by atoms with Gasteiger partial charge in [-0.25, -0.2) is 0 Å². The summed E-state index contributed by atoms with van der Waals surface area (Å²) >= 11 is 6.65. The molecule has 1 aliphatic rings. The largest absolute Gasteiger partial charge is 0.493 e. The zero-order chi connectivity index (χ0) is 24.5. The standard InChI is InChI=1S/C23H20ClF3N4O2S/c1-2-28-7-8-31-21(32)20(34-22(31)33)17(13-4-6-19-15(9-13)12-29-30-19)10-14-3-5-16(24)11-18(14)23(25,26)27/h3-6,9,11-12,28,32H,2,7-8,10H2,1H3. The van der Waals surface area contributed by atoms with Crippen LogP contribution in [0.1, 0.15) is 28.5 Å². The Labute approximate surface area is 201 Å². The fourth-order valence-electron chi connectivity index (χ4n) is 3.72. The number of nitrogens with zero attached hydrogens (tertiary/aromatic N) is 3. The van der Waals surface area contributed by atoms with Crippen LogP contribution in [0.15, 0.2) is 51.4 Å². The van der Waals surface area contributed by atoms with Gasteiger partial charge in [0.2, 0.25) is 5.88 Å². The van der Waals surface area contributed by atoms with E-state index >= 15 is 0 Å². The third-order valence-electron chi connectivity index (χ3n) is 5.39. The van der Waals surface area contributed by atoms with Crippen molar-refractivity contribution >= 4 is 34.7 Å². The van der Waals surface area contributed by atoms with Crippen molar-refractivity contribution in [1.29, 1.82) is 0 Å². The lowest BCUT2D eigenvalue weighted by molar-refractivity contribution is -0.138. The minimum absolute atomic E-state index is 0.0230. The molecular weight excluding hydrogens is 489 g/mol. The number of halogens is 4. The van der Waals surface area contributed by atoms with Crippen molar-refractivity contribution < 1.29 is 18.3 Å². The smallest absolute Gasteiger partial charge is 0.416 e. The van der Waals surface area contributed by atoms with Crippen molar-refractivity contribution in [2.75, 3.05) is 13.1 Å². The van der Waals surface area contributed by atoms with Crippen molar-refractivity contribution in [3.05, 3.63) is 83.2 Å². The highest BCUT2D eigenvalue weighted by Gasteiger charge is 2.34. The molecule has 11 heteroatoms. The van der Waals surface area contributed by atoms with Gasteiger partial charge < -0.3 is 10.4 Å². The maximum atomic E-state index is 13.8. The molecule has 0 amide bonds. The monoisotopic (exact) mass is 508 g/mol. The summed E-state index contributed by atoms with van der Waals surface area (Å²) in [6, 6.07) is 8.72. The number of fused-ring (bicyclic) bond motifs is 1. The second-order valence-corrected chi connectivity index (χ2v) is 9.00. The SMILES string of the molecule is CCNCCn1c(O)c(C(Cc2ccc(Cl)cc2C(F)(F)F)=c2ccc3c(c2)C=NN=3)sc1=O. The lowest BCUT2D eigenvalue weighted by atomic mass is 9.96. The lowest BCUT2D eigenvalue weighted by Gasteiger charge is -2.15. The highest BCUT2D eigenvalue weighted by atomic mass is 35.5. The van der Waals surface area contributed by atoms with Crippen molar-refractivity contribution in [3.8, 4) is 5.88 Å². The third kappa shape index (κ3) is 4.94. The van der Waals surface area contributed by atoms with Gasteiger partial charge in [-0.05, 0) is 47.2 Å². The van der Waals surface area contributed by atoms with Gasteiger partial charge in [-0.15, -0.1) is 0 Å². The molecule has 0 bridgehead atoms. The Hall–Kier alpha value is -2.95. The molecule has 0 spiro atoms. The van der Waals surface area contributed by atoms with E-state index in [0.29, 0.717) is 34.8 Å². The number of aromatic hydroxyl groups is 1. The van der Waals surface area contributed by atoms with Gasteiger partial charge in [0.25, 0.3) is 0 Å². The van der Waals surface area contributed by atoms with Crippen LogP contribution in [0.2, 0.25) is 5.02 Å². The van der Waals surface area contributed by atoms with Crippen molar-refractivity contribution in [2.45, 2.75) is 26.1 Å². The van der Waals surface area contributed by atoms with Gasteiger partial charge >= 0.3 is 11.0 Å². The molecule has 0 saturated heterocycles. The first kappa shape index (κ1) is 24.2. The number of rotatable bonds is 7. The molecule has 0 unspecified atom stereocenters. The van der Waals surface area contributed by atoms with Crippen molar-refractivity contribution in [2.24, 2.45) is 10.2 Å². The Bertz CT molecular complexity index is 1440. The van der Waals surface area contributed by atoms with E-state index in [1.807, 2.05) is 6.92 Å². The summed E-state index contributed by atoms with van der Waals surface area (Å²) in [5, 5.41) is 23.0. The molecule has 0 atom stereocenters. The van der Waals surface area contributed by atoms with Gasteiger partial charge in [0, 0.05) is 30.1 Å². The van der Waals surface area contributed by atoms with E-state index in [0.717, 1.165) is 17.4 Å². The number of benzene rings is 2. The number of likely N-dealkylation sites (N-methyl/N-ethyl adjacent to an activating group) is 1. The number of hydrogen-bond acceptors (Lipinski definition) is 6. The van der Waals surface area contributed by atoms with Crippen LogP contribution in [-0.2, 0) is 19.1 Å². The molecule has 0 saturated carbocycles. The Balaban J connectivity index is 1.91. The normalized spacial score (nSPS) is 13.7. The first-order chi connectivity index (χ1) is 16.2. The summed E-state index contributed by atoms with van der Waals surface area (Å²) in [5.74, 6) is -0.274. The molecule has 0 aliphatic carbocycles.